The first kappa shape index (κ1) is 12.3. The van der Waals surface area contributed by atoms with E-state index in [9.17, 15) is 4.79 Å². The molecule has 0 fully saturated rings. The molecule has 0 saturated carbocycles. The molecule has 3 nitrogen and oxygen atoms in total. The lowest BCUT2D eigenvalue weighted by molar-refractivity contribution is 0.108. The van der Waals surface area contributed by atoms with Gasteiger partial charge in [-0.1, -0.05) is 32.6 Å². The lowest BCUT2D eigenvalue weighted by Gasteiger charge is -2.09. The van der Waals surface area contributed by atoms with E-state index in [4.69, 9.17) is 5.73 Å². The van der Waals surface area contributed by atoms with Crippen molar-refractivity contribution in [3.05, 3.63) is 0 Å². The summed E-state index contributed by atoms with van der Waals surface area (Å²) >= 11 is 0. The molecule has 0 aromatic heterocycles. The van der Waals surface area contributed by atoms with Crippen molar-refractivity contribution in [3.8, 4) is 0 Å². The van der Waals surface area contributed by atoms with Crippen LogP contribution in [-0.2, 0) is 4.74 Å². The van der Waals surface area contributed by atoms with E-state index in [1.807, 2.05) is 6.92 Å². The molecule has 0 spiro atoms. The standard InChI is InChI=1S/C10H20NO2/c1-3-4-5-6-7-8-9(2)13-10(11)12/h9,11H,3-8H2,1-2H3. The molecule has 1 unspecified atom stereocenters. The molecule has 1 radical (unpaired) electrons. The second kappa shape index (κ2) is 7.90. The van der Waals surface area contributed by atoms with Gasteiger partial charge in [-0.2, -0.15) is 0 Å². The second-order valence-corrected chi connectivity index (χ2v) is 3.42. The summed E-state index contributed by atoms with van der Waals surface area (Å²) in [6.45, 7) is 4.02. The van der Waals surface area contributed by atoms with E-state index in [1.165, 1.54) is 25.7 Å². The number of rotatable bonds is 7. The van der Waals surface area contributed by atoms with Gasteiger partial charge in [0.1, 0.15) is 6.10 Å². The zero-order valence-corrected chi connectivity index (χ0v) is 8.64. The van der Waals surface area contributed by atoms with Gasteiger partial charge in [-0.3, -0.25) is 0 Å². The first-order valence-electron chi connectivity index (χ1n) is 5.09. The van der Waals surface area contributed by atoms with Crippen LogP contribution in [0.5, 0.6) is 0 Å². The van der Waals surface area contributed by atoms with E-state index in [-0.39, 0.29) is 6.10 Å². The molecule has 13 heavy (non-hydrogen) atoms. The summed E-state index contributed by atoms with van der Waals surface area (Å²) in [5.74, 6) is 0. The first-order chi connectivity index (χ1) is 6.16. The summed E-state index contributed by atoms with van der Waals surface area (Å²) in [5.41, 5.74) is 6.59. The SMILES string of the molecule is CCCCCCCC(C)OC([NH])=O. The van der Waals surface area contributed by atoms with E-state index >= 15 is 0 Å². The molecule has 0 saturated heterocycles. The number of nitrogens with one attached hydrogen (secondary N) is 1. The molecule has 3 heteroatoms. The van der Waals surface area contributed by atoms with Gasteiger partial charge in [0, 0.05) is 0 Å². The second-order valence-electron chi connectivity index (χ2n) is 3.42. The first-order valence-corrected chi connectivity index (χ1v) is 5.09. The van der Waals surface area contributed by atoms with Gasteiger partial charge < -0.3 is 4.74 Å². The minimum Gasteiger partial charge on any atom is -0.445 e. The molecule has 0 aliphatic carbocycles. The molecule has 0 aromatic carbocycles. The zero-order chi connectivity index (χ0) is 10.1. The fourth-order valence-corrected chi connectivity index (χ4v) is 1.28. The Bertz CT molecular complexity index is 137. The fraction of sp³-hybridized carbons (Fsp3) is 0.900. The predicted octanol–water partition coefficient (Wildman–Crippen LogP) is 3.15. The predicted molar refractivity (Wildman–Crippen MR) is 52.4 cm³/mol. The quantitative estimate of drug-likeness (QED) is 0.573. The van der Waals surface area contributed by atoms with Gasteiger partial charge in [0.25, 0.3) is 0 Å². The van der Waals surface area contributed by atoms with Crippen LogP contribution in [0.1, 0.15) is 52.4 Å². The summed E-state index contributed by atoms with van der Waals surface area (Å²) < 4.78 is 4.68. The van der Waals surface area contributed by atoms with Crippen molar-refractivity contribution in [1.29, 1.82) is 0 Å². The van der Waals surface area contributed by atoms with Crippen molar-refractivity contribution in [1.82, 2.24) is 5.73 Å². The van der Waals surface area contributed by atoms with Crippen molar-refractivity contribution in [2.24, 2.45) is 0 Å². The minimum atomic E-state index is -0.916. The maximum atomic E-state index is 10.2. The molecule has 1 N–H and O–H groups in total. The van der Waals surface area contributed by atoms with Crippen molar-refractivity contribution in [3.63, 3.8) is 0 Å². The van der Waals surface area contributed by atoms with Crippen LogP contribution in [0.25, 0.3) is 0 Å². The molecular formula is C10H20NO2. The average molecular weight is 186 g/mol. The average Bonchev–Trinajstić information content (AvgIpc) is 2.02. The highest BCUT2D eigenvalue weighted by Crippen LogP contribution is 2.08. The van der Waals surface area contributed by atoms with Gasteiger partial charge in [-0.25, -0.2) is 10.5 Å². The van der Waals surface area contributed by atoms with Gasteiger partial charge in [-0.15, -0.1) is 0 Å². The third-order valence-electron chi connectivity index (χ3n) is 2.02. The van der Waals surface area contributed by atoms with Crippen LogP contribution in [-0.4, -0.2) is 12.2 Å². The normalized spacial score (nSPS) is 12.5. The van der Waals surface area contributed by atoms with Gasteiger partial charge in [0.2, 0.25) is 0 Å². The summed E-state index contributed by atoms with van der Waals surface area (Å²) in [4.78, 5) is 10.2. The van der Waals surface area contributed by atoms with Crippen LogP contribution >= 0.6 is 0 Å². The van der Waals surface area contributed by atoms with Crippen molar-refractivity contribution in [2.45, 2.75) is 58.5 Å². The lowest BCUT2D eigenvalue weighted by atomic mass is 10.1. The number of ether oxygens (including phenoxy) is 1. The maximum Gasteiger partial charge on any atom is 0.426 e. The molecule has 0 bridgehead atoms. The number of hydrogen-bond acceptors (Lipinski definition) is 2. The third kappa shape index (κ3) is 9.18. The topological polar surface area (TPSA) is 50.1 Å². The minimum absolute atomic E-state index is 0.0911. The Morgan fingerprint density at radius 2 is 1.92 bits per heavy atom. The molecule has 0 aliphatic rings. The Labute approximate surface area is 80.6 Å². The van der Waals surface area contributed by atoms with Crippen LogP contribution in [0.4, 0.5) is 4.79 Å². The zero-order valence-electron chi connectivity index (χ0n) is 8.64. The van der Waals surface area contributed by atoms with Crippen LogP contribution in [0.15, 0.2) is 0 Å². The molecule has 0 rings (SSSR count). The van der Waals surface area contributed by atoms with Gasteiger partial charge in [-0.05, 0) is 19.8 Å². The van der Waals surface area contributed by atoms with Crippen LogP contribution in [0.3, 0.4) is 0 Å². The summed E-state index contributed by atoms with van der Waals surface area (Å²) in [6, 6.07) is 0. The van der Waals surface area contributed by atoms with E-state index in [1.54, 1.807) is 0 Å². The van der Waals surface area contributed by atoms with Gasteiger partial charge in [0.05, 0.1) is 0 Å². The molecule has 0 aliphatic heterocycles. The van der Waals surface area contributed by atoms with Crippen molar-refractivity contribution >= 4 is 6.09 Å². The Morgan fingerprint density at radius 3 is 2.46 bits per heavy atom. The highest BCUT2D eigenvalue weighted by molar-refractivity contribution is 5.63. The Morgan fingerprint density at radius 1 is 1.31 bits per heavy atom. The molecular weight excluding hydrogens is 166 g/mol. The Balaban J connectivity index is 3.17. The number of carbonyl (C=O) groups is 1. The van der Waals surface area contributed by atoms with E-state index in [2.05, 4.69) is 11.7 Å². The maximum absolute atomic E-state index is 10.2. The van der Waals surface area contributed by atoms with Crippen molar-refractivity contribution in [2.75, 3.05) is 0 Å². The van der Waals surface area contributed by atoms with Crippen LogP contribution in [0, 0.1) is 0 Å². The monoisotopic (exact) mass is 186 g/mol. The largest absolute Gasteiger partial charge is 0.445 e. The van der Waals surface area contributed by atoms with Crippen LogP contribution in [0.2, 0.25) is 0 Å². The smallest absolute Gasteiger partial charge is 0.426 e. The number of carbonyl (C=O) groups excluding carboxylic acids is 1. The number of amides is 1. The summed E-state index contributed by atoms with van der Waals surface area (Å²) in [7, 11) is 0. The van der Waals surface area contributed by atoms with Gasteiger partial charge in [0.15, 0.2) is 0 Å². The summed E-state index contributed by atoms with van der Waals surface area (Å²) in [5, 5.41) is 0. The van der Waals surface area contributed by atoms with Crippen molar-refractivity contribution < 1.29 is 9.53 Å². The van der Waals surface area contributed by atoms with Gasteiger partial charge >= 0.3 is 6.09 Å². The van der Waals surface area contributed by atoms with E-state index < -0.39 is 6.09 Å². The molecule has 1 amide bonds. The third-order valence-corrected chi connectivity index (χ3v) is 2.02. The highest BCUT2D eigenvalue weighted by Gasteiger charge is 2.05. The van der Waals surface area contributed by atoms with E-state index in [0.29, 0.717) is 0 Å². The Kier molecular flexibility index (Phi) is 7.45. The number of unbranched alkanes of at least 4 members (excludes halogenated alkanes) is 4. The van der Waals surface area contributed by atoms with E-state index in [0.717, 1.165) is 12.8 Å². The fourth-order valence-electron chi connectivity index (χ4n) is 1.28. The van der Waals surface area contributed by atoms with Crippen LogP contribution < -0.4 is 5.73 Å². The summed E-state index contributed by atoms with van der Waals surface area (Å²) in [6.07, 6.45) is 5.96. The Hall–Kier alpha value is -0.730. The number of hydrogen-bond donors (Lipinski definition) is 0. The molecule has 0 heterocycles. The molecule has 1 atom stereocenters. The highest BCUT2D eigenvalue weighted by atomic mass is 16.6. The lowest BCUT2D eigenvalue weighted by Crippen LogP contribution is -2.13. The molecule has 77 valence electrons. The molecule has 0 aromatic rings.